The Bertz CT molecular complexity index is 1160. The van der Waals surface area contributed by atoms with Crippen LogP contribution in [-0.4, -0.2) is 21.8 Å². The van der Waals surface area contributed by atoms with Gasteiger partial charge in [0.1, 0.15) is 10.7 Å². The summed E-state index contributed by atoms with van der Waals surface area (Å²) in [6.07, 6.45) is 2.29. The summed E-state index contributed by atoms with van der Waals surface area (Å²) in [6.45, 7) is 9.56. The summed E-state index contributed by atoms with van der Waals surface area (Å²) in [7, 11) is 0. The van der Waals surface area contributed by atoms with Crippen LogP contribution in [0.2, 0.25) is 0 Å². The van der Waals surface area contributed by atoms with Gasteiger partial charge in [-0.1, -0.05) is 19.9 Å². The molecule has 2 aromatic heterocycles. The van der Waals surface area contributed by atoms with E-state index in [4.69, 9.17) is 4.98 Å². The van der Waals surface area contributed by atoms with Gasteiger partial charge in [0.05, 0.1) is 10.6 Å². The number of rotatable bonds is 5. The van der Waals surface area contributed by atoms with E-state index in [-0.39, 0.29) is 17.7 Å². The average molecular weight is 423 g/mol. The van der Waals surface area contributed by atoms with E-state index in [1.165, 1.54) is 11.3 Å². The number of anilines is 2. The first-order chi connectivity index (χ1) is 14.2. The number of carbonyl (C=O) groups excluding carboxylic acids is 2. The summed E-state index contributed by atoms with van der Waals surface area (Å²) in [4.78, 5) is 36.0. The Morgan fingerprint density at radius 3 is 2.50 bits per heavy atom. The first-order valence-electron chi connectivity index (χ1n) is 10.2. The van der Waals surface area contributed by atoms with E-state index in [0.29, 0.717) is 22.2 Å². The van der Waals surface area contributed by atoms with Crippen molar-refractivity contribution in [1.29, 1.82) is 0 Å². The zero-order chi connectivity index (χ0) is 21.6. The van der Waals surface area contributed by atoms with Crippen LogP contribution in [-0.2, 0) is 4.79 Å². The van der Waals surface area contributed by atoms with E-state index in [0.717, 1.165) is 45.7 Å². The molecule has 2 amide bonds. The minimum Gasteiger partial charge on any atom is -0.326 e. The van der Waals surface area contributed by atoms with Crippen LogP contribution in [0.15, 0.2) is 18.2 Å². The number of aryl methyl sites for hydroxylation is 3. The Morgan fingerprint density at radius 1 is 1.10 bits per heavy atom. The average Bonchev–Trinajstić information content (AvgIpc) is 3.48. The molecule has 3 aromatic rings. The van der Waals surface area contributed by atoms with Crippen LogP contribution in [0.3, 0.4) is 0 Å². The van der Waals surface area contributed by atoms with Gasteiger partial charge in [-0.25, -0.2) is 9.97 Å². The molecular weight excluding hydrogens is 396 g/mol. The quantitative estimate of drug-likeness (QED) is 0.581. The fourth-order valence-electron chi connectivity index (χ4n) is 3.40. The van der Waals surface area contributed by atoms with Crippen LogP contribution in [0.5, 0.6) is 0 Å². The van der Waals surface area contributed by atoms with Crippen molar-refractivity contribution in [2.45, 2.75) is 53.4 Å². The molecule has 4 rings (SSSR count). The maximum Gasteiger partial charge on any atom is 0.266 e. The molecule has 6 nitrogen and oxygen atoms in total. The molecule has 0 radical (unpaired) electrons. The van der Waals surface area contributed by atoms with Crippen molar-refractivity contribution in [2.24, 2.45) is 5.92 Å². The highest BCUT2D eigenvalue weighted by Crippen LogP contribution is 2.40. The minimum atomic E-state index is -0.168. The van der Waals surface area contributed by atoms with Crippen LogP contribution >= 0.6 is 11.3 Å². The number of fused-ring (bicyclic) bond motifs is 1. The van der Waals surface area contributed by atoms with Crippen LogP contribution in [0, 0.1) is 26.7 Å². The number of thiophene rings is 1. The molecule has 1 aliphatic carbocycles. The van der Waals surface area contributed by atoms with Crippen LogP contribution < -0.4 is 10.6 Å². The normalized spacial score (nSPS) is 13.7. The molecule has 0 atom stereocenters. The number of benzene rings is 1. The Hall–Kier alpha value is -2.80. The second-order valence-electron chi connectivity index (χ2n) is 8.31. The molecule has 0 aliphatic heterocycles. The summed E-state index contributed by atoms with van der Waals surface area (Å²) in [5, 5.41) is 6.87. The molecular formula is C23H26N4O2S. The second kappa shape index (κ2) is 7.80. The molecule has 2 heterocycles. The lowest BCUT2D eigenvalue weighted by atomic mass is 10.1. The van der Waals surface area contributed by atoms with Gasteiger partial charge in [0.15, 0.2) is 0 Å². The van der Waals surface area contributed by atoms with Crippen LogP contribution in [0.4, 0.5) is 11.4 Å². The molecule has 0 bridgehead atoms. The Kier molecular flexibility index (Phi) is 5.32. The molecule has 2 N–H and O–H groups in total. The van der Waals surface area contributed by atoms with Gasteiger partial charge >= 0.3 is 0 Å². The van der Waals surface area contributed by atoms with Crippen molar-refractivity contribution >= 4 is 44.7 Å². The Morgan fingerprint density at radius 2 is 1.83 bits per heavy atom. The number of amides is 2. The van der Waals surface area contributed by atoms with Gasteiger partial charge in [0, 0.05) is 28.6 Å². The number of nitrogens with one attached hydrogen (secondary N) is 2. The maximum atomic E-state index is 13.1. The molecule has 1 aliphatic rings. The summed E-state index contributed by atoms with van der Waals surface area (Å²) in [6, 6.07) is 5.53. The van der Waals surface area contributed by atoms with Crippen molar-refractivity contribution < 1.29 is 9.59 Å². The first kappa shape index (κ1) is 20.5. The molecule has 0 saturated heterocycles. The molecule has 1 saturated carbocycles. The number of aromatic nitrogens is 2. The highest BCUT2D eigenvalue weighted by atomic mass is 32.1. The summed E-state index contributed by atoms with van der Waals surface area (Å²) < 4.78 is 0. The first-order valence-corrected chi connectivity index (χ1v) is 11.1. The lowest BCUT2D eigenvalue weighted by molar-refractivity contribution is -0.118. The monoisotopic (exact) mass is 422 g/mol. The SMILES string of the molecule is Cc1ccc(NC(=O)C(C)C)cc1NC(=O)c1sc2nc(C3CC3)nc(C)c2c1C. The molecule has 1 aromatic carbocycles. The standard InChI is InChI=1S/C23H26N4O2S/c1-11(2)21(28)25-16-9-6-12(3)17(10-16)26-22(29)19-13(4)18-14(5)24-20(15-7-8-15)27-23(18)30-19/h6,9-11,15H,7-8H2,1-5H3,(H,25,28)(H,26,29). The van der Waals surface area contributed by atoms with Gasteiger partial charge in [0.25, 0.3) is 5.91 Å². The third-order valence-corrected chi connectivity index (χ3v) is 6.60. The third-order valence-electron chi connectivity index (χ3n) is 5.41. The molecule has 156 valence electrons. The summed E-state index contributed by atoms with van der Waals surface area (Å²) >= 11 is 1.42. The van der Waals surface area contributed by atoms with Gasteiger partial charge in [-0.05, 0) is 56.9 Å². The van der Waals surface area contributed by atoms with Gasteiger partial charge in [-0.3, -0.25) is 9.59 Å². The van der Waals surface area contributed by atoms with E-state index < -0.39 is 0 Å². The molecule has 0 spiro atoms. The number of hydrogen-bond acceptors (Lipinski definition) is 5. The minimum absolute atomic E-state index is 0.0583. The topological polar surface area (TPSA) is 84.0 Å². The largest absolute Gasteiger partial charge is 0.326 e. The zero-order valence-electron chi connectivity index (χ0n) is 17.9. The van der Waals surface area contributed by atoms with Crippen molar-refractivity contribution in [1.82, 2.24) is 9.97 Å². The Balaban J connectivity index is 1.62. The molecule has 1 fully saturated rings. The predicted molar refractivity (Wildman–Crippen MR) is 121 cm³/mol. The van der Waals surface area contributed by atoms with Crippen molar-refractivity contribution in [3.63, 3.8) is 0 Å². The van der Waals surface area contributed by atoms with Crippen molar-refractivity contribution in [3.8, 4) is 0 Å². The summed E-state index contributed by atoms with van der Waals surface area (Å²) in [5.74, 6) is 1.03. The third kappa shape index (κ3) is 3.94. The summed E-state index contributed by atoms with van der Waals surface area (Å²) in [5.41, 5.74) is 4.12. The molecule has 30 heavy (non-hydrogen) atoms. The maximum absolute atomic E-state index is 13.1. The van der Waals surface area contributed by atoms with Crippen molar-refractivity contribution in [3.05, 3.63) is 45.7 Å². The molecule has 7 heteroatoms. The van der Waals surface area contributed by atoms with Crippen molar-refractivity contribution in [2.75, 3.05) is 10.6 Å². The van der Waals surface area contributed by atoms with Gasteiger partial charge < -0.3 is 10.6 Å². The van der Waals surface area contributed by atoms with E-state index >= 15 is 0 Å². The predicted octanol–water partition coefficient (Wildman–Crippen LogP) is 5.34. The van der Waals surface area contributed by atoms with Crippen LogP contribution in [0.25, 0.3) is 10.2 Å². The highest BCUT2D eigenvalue weighted by molar-refractivity contribution is 7.20. The smallest absolute Gasteiger partial charge is 0.266 e. The molecule has 0 unspecified atom stereocenters. The number of nitrogens with zero attached hydrogens (tertiary/aromatic N) is 2. The number of hydrogen-bond donors (Lipinski definition) is 2. The second-order valence-corrected chi connectivity index (χ2v) is 9.30. The Labute approximate surface area is 180 Å². The fourth-order valence-corrected chi connectivity index (χ4v) is 4.53. The van der Waals surface area contributed by atoms with E-state index in [1.54, 1.807) is 6.07 Å². The lowest BCUT2D eigenvalue weighted by Crippen LogP contribution is -2.18. The van der Waals surface area contributed by atoms with Crippen LogP contribution in [0.1, 0.15) is 64.9 Å². The van der Waals surface area contributed by atoms with Gasteiger partial charge in [0.2, 0.25) is 5.91 Å². The highest BCUT2D eigenvalue weighted by Gasteiger charge is 2.28. The zero-order valence-corrected chi connectivity index (χ0v) is 18.7. The lowest BCUT2D eigenvalue weighted by Gasteiger charge is -2.12. The van der Waals surface area contributed by atoms with E-state index in [9.17, 15) is 9.59 Å². The van der Waals surface area contributed by atoms with E-state index in [1.807, 2.05) is 46.8 Å². The van der Waals surface area contributed by atoms with Gasteiger partial charge in [-0.15, -0.1) is 11.3 Å². The fraction of sp³-hybridized carbons (Fsp3) is 0.391. The number of carbonyl (C=O) groups is 2. The van der Waals surface area contributed by atoms with Gasteiger partial charge in [-0.2, -0.15) is 0 Å². The van der Waals surface area contributed by atoms with E-state index in [2.05, 4.69) is 15.6 Å².